The van der Waals surface area contributed by atoms with E-state index in [1.165, 1.54) is 19.2 Å². The minimum atomic E-state index is -4.77. The Morgan fingerprint density at radius 2 is 1.60 bits per heavy atom. The molecule has 0 saturated heterocycles. The molecule has 1 aliphatic rings. The van der Waals surface area contributed by atoms with Crippen molar-refractivity contribution in [3.63, 3.8) is 0 Å². The van der Waals surface area contributed by atoms with Gasteiger partial charge >= 0.3 is 12.4 Å². The lowest BCUT2D eigenvalue weighted by Gasteiger charge is -2.22. The second-order valence-corrected chi connectivity index (χ2v) is 9.46. The number of hydrogen-bond donors (Lipinski definition) is 3. The molecule has 0 aromatic heterocycles. The molecule has 1 aliphatic carbocycles. The molecular formula is C29H27F3N4O4. The Kier molecular flexibility index (Phi) is 8.48. The van der Waals surface area contributed by atoms with Gasteiger partial charge in [-0.1, -0.05) is 24.3 Å². The van der Waals surface area contributed by atoms with E-state index in [-0.39, 0.29) is 18.7 Å². The molecule has 0 bridgehead atoms. The molecule has 0 heterocycles. The van der Waals surface area contributed by atoms with Crippen molar-refractivity contribution in [1.29, 1.82) is 5.26 Å². The molecule has 0 aliphatic heterocycles. The number of nitrogens with one attached hydrogen (secondary N) is 3. The van der Waals surface area contributed by atoms with Gasteiger partial charge < -0.3 is 25.4 Å². The smallest absolute Gasteiger partial charge is 0.497 e. The van der Waals surface area contributed by atoms with Gasteiger partial charge in [-0.25, -0.2) is 4.79 Å². The summed E-state index contributed by atoms with van der Waals surface area (Å²) in [6.45, 7) is 0.247. The number of hydrogen-bond acceptors (Lipinski definition) is 5. The number of nitrogens with zero attached hydrogens (tertiary/aromatic N) is 1. The fourth-order valence-corrected chi connectivity index (χ4v) is 4.27. The zero-order chi connectivity index (χ0) is 28.8. The van der Waals surface area contributed by atoms with Crippen molar-refractivity contribution in [1.82, 2.24) is 10.6 Å². The van der Waals surface area contributed by atoms with Crippen molar-refractivity contribution in [3.05, 3.63) is 89.5 Å². The topological polar surface area (TPSA) is 112 Å². The Hall–Kier alpha value is -4.72. The van der Waals surface area contributed by atoms with E-state index < -0.39 is 29.8 Å². The van der Waals surface area contributed by atoms with Crippen molar-refractivity contribution < 1.29 is 32.2 Å². The van der Waals surface area contributed by atoms with Crippen LogP contribution in [0.15, 0.2) is 72.8 Å². The van der Waals surface area contributed by atoms with Crippen LogP contribution in [0, 0.1) is 11.3 Å². The minimum Gasteiger partial charge on any atom is -0.497 e. The van der Waals surface area contributed by atoms with Crippen LogP contribution in [0.25, 0.3) is 0 Å². The normalized spacial score (nSPS) is 14.3. The molecule has 3 amide bonds. The molecule has 1 atom stereocenters. The number of amides is 3. The Morgan fingerprint density at radius 1 is 0.975 bits per heavy atom. The van der Waals surface area contributed by atoms with E-state index in [1.54, 1.807) is 60.7 Å². The standard InChI is InChI=1S/C29H27F3N4O4/c1-39-23-12-8-22(9-13-23)35-27(38)36-25(16-19-2-4-20(17-33)5-3-19)26(37)34-18-28(14-15-28)21-6-10-24(11-7-21)40-29(30,31)32/h2-13,25H,14-16,18H2,1H3,(H,34,37)(H2,35,36,38)/t25-/m1/s1. The minimum absolute atomic E-state index is 0.171. The summed E-state index contributed by atoms with van der Waals surface area (Å²) in [7, 11) is 1.53. The molecule has 3 aromatic carbocycles. The zero-order valence-electron chi connectivity index (χ0n) is 21.5. The first kappa shape index (κ1) is 28.3. The van der Waals surface area contributed by atoms with E-state index >= 15 is 0 Å². The van der Waals surface area contributed by atoms with E-state index in [4.69, 9.17) is 10.00 Å². The summed E-state index contributed by atoms with van der Waals surface area (Å²) >= 11 is 0. The first-order chi connectivity index (χ1) is 19.1. The fourth-order valence-electron chi connectivity index (χ4n) is 4.27. The number of alkyl halides is 3. The number of nitriles is 1. The highest BCUT2D eigenvalue weighted by Crippen LogP contribution is 2.48. The van der Waals surface area contributed by atoms with Crippen LogP contribution < -0.4 is 25.4 Å². The van der Waals surface area contributed by atoms with Crippen LogP contribution in [-0.4, -0.2) is 38.0 Å². The maximum absolute atomic E-state index is 13.3. The van der Waals surface area contributed by atoms with Gasteiger partial charge in [-0.2, -0.15) is 5.26 Å². The van der Waals surface area contributed by atoms with E-state index in [2.05, 4.69) is 20.7 Å². The average Bonchev–Trinajstić information content (AvgIpc) is 3.73. The summed E-state index contributed by atoms with van der Waals surface area (Å²) in [5, 5.41) is 17.4. The van der Waals surface area contributed by atoms with Crippen molar-refractivity contribution >= 4 is 17.6 Å². The molecule has 3 aromatic rings. The molecule has 1 saturated carbocycles. The molecule has 208 valence electrons. The highest BCUT2D eigenvalue weighted by Gasteiger charge is 2.44. The maximum atomic E-state index is 13.3. The monoisotopic (exact) mass is 552 g/mol. The Bertz CT molecular complexity index is 1360. The van der Waals surface area contributed by atoms with E-state index in [1.807, 2.05) is 6.07 Å². The Labute approximate surface area is 229 Å². The molecule has 8 nitrogen and oxygen atoms in total. The molecular weight excluding hydrogens is 525 g/mol. The Balaban J connectivity index is 1.42. The van der Waals surface area contributed by atoms with E-state index in [0.29, 0.717) is 17.0 Å². The molecule has 0 unspecified atom stereocenters. The number of carbonyl (C=O) groups excluding carboxylic acids is 2. The van der Waals surface area contributed by atoms with E-state index in [9.17, 15) is 22.8 Å². The summed E-state index contributed by atoms with van der Waals surface area (Å²) in [5.74, 6) is -0.108. The zero-order valence-corrected chi connectivity index (χ0v) is 21.5. The summed E-state index contributed by atoms with van der Waals surface area (Å²) in [6.07, 6.45) is -3.11. The van der Waals surface area contributed by atoms with Gasteiger partial charge in [0.15, 0.2) is 0 Å². The lowest BCUT2D eigenvalue weighted by atomic mass is 9.95. The number of rotatable bonds is 10. The van der Waals surface area contributed by atoms with Gasteiger partial charge in [0.1, 0.15) is 17.5 Å². The number of anilines is 1. The molecule has 40 heavy (non-hydrogen) atoms. The summed E-state index contributed by atoms with van der Waals surface area (Å²) < 4.78 is 46.5. The molecule has 0 spiro atoms. The van der Waals surface area contributed by atoms with Crippen molar-refractivity contribution in [2.45, 2.75) is 37.1 Å². The SMILES string of the molecule is COc1ccc(NC(=O)N[C@H](Cc2ccc(C#N)cc2)C(=O)NCC2(c3ccc(OC(F)(F)F)cc3)CC2)cc1. The van der Waals surface area contributed by atoms with Crippen molar-refractivity contribution in [3.8, 4) is 17.6 Å². The quantitative estimate of drug-likeness (QED) is 0.326. The molecule has 0 radical (unpaired) electrons. The molecule has 3 N–H and O–H groups in total. The van der Waals surface area contributed by atoms with Crippen LogP contribution in [-0.2, 0) is 16.6 Å². The lowest BCUT2D eigenvalue weighted by molar-refractivity contribution is -0.274. The first-order valence-electron chi connectivity index (χ1n) is 12.4. The largest absolute Gasteiger partial charge is 0.573 e. The second kappa shape index (κ2) is 12.0. The molecule has 4 rings (SSSR count). The third-order valence-electron chi connectivity index (χ3n) is 6.65. The van der Waals surface area contributed by atoms with Crippen LogP contribution in [0.4, 0.5) is 23.7 Å². The van der Waals surface area contributed by atoms with Crippen LogP contribution in [0.2, 0.25) is 0 Å². The van der Waals surface area contributed by atoms with Crippen LogP contribution in [0.3, 0.4) is 0 Å². The predicted molar refractivity (Wildman–Crippen MR) is 141 cm³/mol. The van der Waals surface area contributed by atoms with E-state index in [0.717, 1.165) is 24.0 Å². The van der Waals surface area contributed by atoms with Gasteiger partial charge in [-0.15, -0.1) is 13.2 Å². The summed E-state index contributed by atoms with van der Waals surface area (Å²) in [5.41, 5.74) is 2.10. The highest BCUT2D eigenvalue weighted by molar-refractivity contribution is 5.94. The van der Waals surface area contributed by atoms with Crippen molar-refractivity contribution in [2.75, 3.05) is 19.0 Å². The number of ether oxygens (including phenoxy) is 2. The van der Waals surface area contributed by atoms with Gasteiger partial charge in [0.2, 0.25) is 5.91 Å². The van der Waals surface area contributed by atoms with Crippen LogP contribution >= 0.6 is 0 Å². The van der Waals surface area contributed by atoms with Gasteiger partial charge in [-0.05, 0) is 72.5 Å². The average molecular weight is 553 g/mol. The second-order valence-electron chi connectivity index (χ2n) is 9.46. The van der Waals surface area contributed by atoms with Crippen molar-refractivity contribution in [2.24, 2.45) is 0 Å². The van der Waals surface area contributed by atoms with Crippen LogP contribution in [0.1, 0.15) is 29.5 Å². The van der Waals surface area contributed by atoms with Gasteiger partial charge in [0.05, 0.1) is 18.7 Å². The van der Waals surface area contributed by atoms with Crippen LogP contribution in [0.5, 0.6) is 11.5 Å². The number of halogens is 3. The third kappa shape index (κ3) is 7.66. The first-order valence-corrected chi connectivity index (χ1v) is 12.4. The van der Waals surface area contributed by atoms with Gasteiger partial charge in [0, 0.05) is 24.1 Å². The predicted octanol–water partition coefficient (Wildman–Crippen LogP) is 5.05. The maximum Gasteiger partial charge on any atom is 0.573 e. The summed E-state index contributed by atoms with van der Waals surface area (Å²) in [6, 6.07) is 19.6. The highest BCUT2D eigenvalue weighted by atomic mass is 19.4. The van der Waals surface area contributed by atoms with Gasteiger partial charge in [-0.3, -0.25) is 4.79 Å². The third-order valence-corrected chi connectivity index (χ3v) is 6.65. The molecule has 11 heteroatoms. The Morgan fingerprint density at radius 3 is 2.15 bits per heavy atom. The molecule has 1 fully saturated rings. The van der Waals surface area contributed by atoms with Gasteiger partial charge in [0.25, 0.3) is 0 Å². The fraction of sp³-hybridized carbons (Fsp3) is 0.276. The lowest BCUT2D eigenvalue weighted by Crippen LogP contribution is -2.50. The summed E-state index contributed by atoms with van der Waals surface area (Å²) in [4.78, 5) is 26.1. The number of methoxy groups -OCH3 is 1. The number of carbonyl (C=O) groups is 2. The number of benzene rings is 3. The number of urea groups is 1.